The van der Waals surface area contributed by atoms with Crippen LogP contribution in [0.15, 0.2) is 192 Å². The summed E-state index contributed by atoms with van der Waals surface area (Å²) in [5.74, 6) is 1.35. The quantitative estimate of drug-likeness (QED) is 0.161. The van der Waals surface area contributed by atoms with E-state index in [1.807, 2.05) is 0 Å². The molecule has 0 saturated carbocycles. The number of rotatable bonds is 5. The lowest BCUT2D eigenvalue weighted by atomic mass is 9.81. The van der Waals surface area contributed by atoms with Gasteiger partial charge >= 0.3 is 0 Å². The van der Waals surface area contributed by atoms with Gasteiger partial charge in [0.15, 0.2) is 0 Å². The third-order valence-corrected chi connectivity index (χ3v) is 12.7. The van der Waals surface area contributed by atoms with Crippen molar-refractivity contribution in [2.24, 2.45) is 5.92 Å². The van der Waals surface area contributed by atoms with Crippen molar-refractivity contribution in [2.75, 3.05) is 0 Å². The molecule has 1 atom stereocenters. The van der Waals surface area contributed by atoms with Gasteiger partial charge in [0, 0.05) is 33.6 Å². The van der Waals surface area contributed by atoms with E-state index in [4.69, 9.17) is 4.42 Å². The molecule has 10 aromatic rings. The van der Waals surface area contributed by atoms with Crippen LogP contribution in [0.2, 0.25) is 0 Å². The van der Waals surface area contributed by atoms with E-state index >= 15 is 0 Å². The molecule has 0 aliphatic heterocycles. The van der Waals surface area contributed by atoms with Gasteiger partial charge in [0.1, 0.15) is 11.3 Å². The lowest BCUT2D eigenvalue weighted by Gasteiger charge is -2.23. The minimum Gasteiger partial charge on any atom is -0.456 e. The normalized spacial score (nSPS) is 14.9. The van der Waals surface area contributed by atoms with Crippen LogP contribution in [0.5, 0.6) is 0 Å². The second-order valence-electron chi connectivity index (χ2n) is 15.8. The van der Waals surface area contributed by atoms with E-state index in [1.54, 1.807) is 0 Å². The third kappa shape index (κ3) is 5.11. The van der Waals surface area contributed by atoms with Gasteiger partial charge in [0.2, 0.25) is 0 Å². The Kier molecular flexibility index (Phi) is 7.53. The van der Waals surface area contributed by atoms with Gasteiger partial charge in [0.25, 0.3) is 0 Å². The molecule has 2 nitrogen and oxygen atoms in total. The van der Waals surface area contributed by atoms with Crippen LogP contribution >= 0.6 is 0 Å². The molecule has 2 heterocycles. The van der Waals surface area contributed by atoms with Crippen molar-refractivity contribution in [3.05, 3.63) is 211 Å². The van der Waals surface area contributed by atoms with Crippen LogP contribution in [0, 0.1) is 5.92 Å². The van der Waals surface area contributed by atoms with Crippen LogP contribution in [-0.2, 0) is 12.8 Å². The molecule has 0 fully saturated rings. The van der Waals surface area contributed by atoms with E-state index in [0.717, 1.165) is 30.6 Å². The van der Waals surface area contributed by atoms with Gasteiger partial charge in [-0.2, -0.15) is 0 Å². The summed E-state index contributed by atoms with van der Waals surface area (Å²) in [5, 5.41) is 7.65. The van der Waals surface area contributed by atoms with Crippen molar-refractivity contribution < 1.29 is 4.42 Å². The SMILES string of the molecule is C1=CC(C2=CCCc3c2oc2ccccc32)Cc2c1n(-c1ccc(-c3ccc4c(-c5ccccc5)c5ccccc5c(-c5ccccc5)c4c3)cc1)c1ccccc21. The number of aryl methyl sites for hydroxylation is 1. The zero-order valence-electron chi connectivity index (χ0n) is 32.0. The van der Waals surface area contributed by atoms with Gasteiger partial charge in [-0.1, -0.05) is 158 Å². The number of hydrogen-bond acceptors (Lipinski definition) is 1. The Morgan fingerprint density at radius 1 is 0.483 bits per heavy atom. The van der Waals surface area contributed by atoms with E-state index < -0.39 is 0 Å². The first-order chi connectivity index (χ1) is 28.8. The highest BCUT2D eigenvalue weighted by Crippen LogP contribution is 2.46. The van der Waals surface area contributed by atoms with Crippen LogP contribution in [0.3, 0.4) is 0 Å². The van der Waals surface area contributed by atoms with E-state index in [1.165, 1.54) is 99.3 Å². The summed E-state index contributed by atoms with van der Waals surface area (Å²) < 4.78 is 9.00. The number of nitrogens with zero attached hydrogens (tertiary/aromatic N) is 1. The molecule has 1 unspecified atom stereocenters. The number of para-hydroxylation sites is 2. The minimum atomic E-state index is 0.266. The Hall–Kier alpha value is -7.16. The smallest absolute Gasteiger partial charge is 0.135 e. The molecule has 58 heavy (non-hydrogen) atoms. The van der Waals surface area contributed by atoms with E-state index in [-0.39, 0.29) is 5.92 Å². The van der Waals surface area contributed by atoms with Crippen molar-refractivity contribution in [3.63, 3.8) is 0 Å². The van der Waals surface area contributed by atoms with Crippen molar-refractivity contribution in [1.82, 2.24) is 4.57 Å². The molecule has 0 saturated heterocycles. The molecule has 0 radical (unpaired) electrons. The summed E-state index contributed by atoms with van der Waals surface area (Å²) in [6, 6.07) is 64.3. The molecule has 2 heteroatoms. The highest BCUT2D eigenvalue weighted by atomic mass is 16.3. The Morgan fingerprint density at radius 3 is 1.83 bits per heavy atom. The standard InChI is InChI=1S/C56H39NO/c1-3-14-37(15-4-1)54-45-20-7-8-21-46(45)55(38-16-5-2-6-17-38)50-34-39(28-32-47(50)54)36-26-30-41(31-27-36)57-51-24-11-9-18-43(51)49-35-40(29-33-52(49)57)42-22-13-23-48-44-19-10-12-25-53(44)58-56(42)48/h1-12,14-22,24-34,40H,13,23,35H2. The van der Waals surface area contributed by atoms with Crippen LogP contribution in [-0.4, -0.2) is 4.57 Å². The molecule has 2 aliphatic carbocycles. The van der Waals surface area contributed by atoms with Crippen molar-refractivity contribution >= 4 is 55.1 Å². The summed E-state index contributed by atoms with van der Waals surface area (Å²) in [6.45, 7) is 0. The molecule has 274 valence electrons. The van der Waals surface area contributed by atoms with E-state index in [2.05, 4.69) is 199 Å². The average Bonchev–Trinajstić information content (AvgIpc) is 3.84. The van der Waals surface area contributed by atoms with Gasteiger partial charge in [-0.25, -0.2) is 0 Å². The van der Waals surface area contributed by atoms with E-state index in [9.17, 15) is 0 Å². The highest BCUT2D eigenvalue weighted by Gasteiger charge is 2.30. The Morgan fingerprint density at radius 2 is 1.09 bits per heavy atom. The fraction of sp³-hybridized carbons (Fsp3) is 0.0714. The van der Waals surface area contributed by atoms with Gasteiger partial charge in [0.05, 0.1) is 5.52 Å². The maximum Gasteiger partial charge on any atom is 0.135 e. The number of allylic oxidation sites excluding steroid dienone is 3. The van der Waals surface area contributed by atoms with Crippen LogP contribution < -0.4 is 0 Å². The number of benzene rings is 8. The first-order valence-electron chi connectivity index (χ1n) is 20.5. The molecule has 8 aromatic carbocycles. The van der Waals surface area contributed by atoms with Crippen LogP contribution in [0.1, 0.15) is 29.0 Å². The van der Waals surface area contributed by atoms with Gasteiger partial charge < -0.3 is 8.98 Å². The summed E-state index contributed by atoms with van der Waals surface area (Å²) >= 11 is 0. The average molecular weight is 742 g/mol. The van der Waals surface area contributed by atoms with Gasteiger partial charge in [-0.15, -0.1) is 0 Å². The Bertz CT molecular complexity index is 3290. The second-order valence-corrected chi connectivity index (χ2v) is 15.8. The third-order valence-electron chi connectivity index (χ3n) is 12.7. The molecule has 12 rings (SSSR count). The van der Waals surface area contributed by atoms with E-state index in [0.29, 0.717) is 0 Å². The molecule has 2 aliphatic rings. The molecule has 2 aromatic heterocycles. The summed E-state index contributed by atoms with van der Waals surface area (Å²) in [4.78, 5) is 0. The first-order valence-corrected chi connectivity index (χ1v) is 20.5. The maximum absolute atomic E-state index is 6.54. The van der Waals surface area contributed by atoms with Crippen molar-refractivity contribution in [2.45, 2.75) is 19.3 Å². The van der Waals surface area contributed by atoms with Crippen molar-refractivity contribution in [3.8, 4) is 39.1 Å². The second kappa shape index (κ2) is 13.2. The predicted molar refractivity (Wildman–Crippen MR) is 243 cm³/mol. The summed E-state index contributed by atoms with van der Waals surface area (Å²) in [6.07, 6.45) is 10.2. The minimum absolute atomic E-state index is 0.266. The largest absolute Gasteiger partial charge is 0.456 e. The molecule has 0 N–H and O–H groups in total. The number of furan rings is 1. The fourth-order valence-electron chi connectivity index (χ4n) is 10.1. The topological polar surface area (TPSA) is 18.1 Å². The fourth-order valence-corrected chi connectivity index (χ4v) is 10.1. The van der Waals surface area contributed by atoms with Crippen LogP contribution in [0.25, 0.3) is 94.1 Å². The Labute approximate surface area is 337 Å². The summed E-state index contributed by atoms with van der Waals surface area (Å²) in [7, 11) is 0. The van der Waals surface area contributed by atoms with Crippen LogP contribution in [0.4, 0.5) is 0 Å². The predicted octanol–water partition coefficient (Wildman–Crippen LogP) is 14.9. The maximum atomic E-state index is 6.54. The van der Waals surface area contributed by atoms with Crippen molar-refractivity contribution in [1.29, 1.82) is 0 Å². The molecule has 0 amide bonds. The first kappa shape index (κ1) is 33.0. The number of aromatic nitrogens is 1. The molecular weight excluding hydrogens is 703 g/mol. The summed E-state index contributed by atoms with van der Waals surface area (Å²) in [5.41, 5.74) is 16.2. The van der Waals surface area contributed by atoms with Gasteiger partial charge in [-0.05, 0) is 122 Å². The number of hydrogen-bond donors (Lipinski definition) is 0. The molecule has 0 bridgehead atoms. The zero-order chi connectivity index (χ0) is 38.2. The molecular formula is C56H39NO. The highest BCUT2D eigenvalue weighted by molar-refractivity contribution is 6.22. The van der Waals surface area contributed by atoms with Gasteiger partial charge in [-0.3, -0.25) is 0 Å². The zero-order valence-corrected chi connectivity index (χ0v) is 32.0. The lowest BCUT2D eigenvalue weighted by molar-refractivity contribution is 0.577. The number of fused-ring (bicyclic) bond motifs is 8. The Balaban J connectivity index is 0.958. The molecule has 0 spiro atoms. The monoisotopic (exact) mass is 741 g/mol. The lowest BCUT2D eigenvalue weighted by Crippen LogP contribution is -2.12.